The summed E-state index contributed by atoms with van der Waals surface area (Å²) < 4.78 is 31.3. The third-order valence-corrected chi connectivity index (χ3v) is 19.9. The van der Waals surface area contributed by atoms with Crippen LogP contribution in [0.5, 0.6) is 0 Å². The maximum atomic E-state index is 15.9. The monoisotopic (exact) mass is 578 g/mol. The first-order valence-electron chi connectivity index (χ1n) is 15.6. The van der Waals surface area contributed by atoms with E-state index in [4.69, 9.17) is 0 Å². The minimum absolute atomic E-state index is 0. The van der Waals surface area contributed by atoms with Crippen LogP contribution in [-0.4, -0.2) is 40.0 Å². The van der Waals surface area contributed by atoms with Crippen LogP contribution in [0.4, 0.5) is 0 Å². The average molecular weight is 578 g/mol. The second kappa shape index (κ2) is 12.7. The molecule has 2 aromatic rings. The average Bonchev–Trinajstić information content (AvgIpc) is 2.98. The summed E-state index contributed by atoms with van der Waals surface area (Å²) in [7, 11) is -5.33. The van der Waals surface area contributed by atoms with Gasteiger partial charge in [-0.2, -0.15) is 0 Å². The molecular weight excluding hydrogens is 524 g/mol. The van der Waals surface area contributed by atoms with Crippen LogP contribution >= 0.6 is 14.3 Å². The molecule has 0 amide bonds. The second-order valence-corrected chi connectivity index (χ2v) is 20.3. The molecule has 2 unspecified atom stereocenters. The molecule has 218 valence electrons. The molecule has 0 saturated heterocycles. The fourth-order valence-corrected chi connectivity index (χ4v) is 18.2. The maximum absolute atomic E-state index is 15.9. The predicted molar refractivity (Wildman–Crippen MR) is 183 cm³/mol. The van der Waals surface area contributed by atoms with Gasteiger partial charge in [0.05, 0.1) is 24.0 Å². The molecule has 0 radical (unpaired) electrons. The van der Waals surface area contributed by atoms with E-state index in [0.717, 1.165) is 17.0 Å². The molecule has 2 nitrogen and oxygen atoms in total. The van der Waals surface area contributed by atoms with Gasteiger partial charge in [-0.05, 0) is 61.7 Å². The van der Waals surface area contributed by atoms with Gasteiger partial charge >= 0.3 is 0 Å². The van der Waals surface area contributed by atoms with Crippen LogP contribution in [0.25, 0.3) is 0 Å². The van der Waals surface area contributed by atoms with Crippen LogP contribution in [0.3, 0.4) is 0 Å². The summed E-state index contributed by atoms with van der Waals surface area (Å²) in [5.41, 5.74) is 1.37. The van der Waals surface area contributed by atoms with Gasteiger partial charge in [-0.25, -0.2) is 0 Å². The molecule has 5 fully saturated rings. The summed E-state index contributed by atoms with van der Waals surface area (Å²) in [5, 5.41) is 1.96. The Kier molecular flexibility index (Phi) is 10.2. The first-order chi connectivity index (χ1) is 18.3. The minimum Gasteiger partial charge on any atom is -0.323 e. The lowest BCUT2D eigenvalue weighted by molar-refractivity contribution is -0.0960. The highest BCUT2D eigenvalue weighted by Crippen LogP contribution is 2.76. The number of hydrogen-bond donors (Lipinski definition) is 0. The van der Waals surface area contributed by atoms with E-state index in [1.165, 1.54) is 70.6 Å². The Labute approximate surface area is 248 Å². The van der Waals surface area contributed by atoms with Crippen molar-refractivity contribution >= 4 is 41.7 Å². The van der Waals surface area contributed by atoms with Crippen molar-refractivity contribution < 1.29 is 9.13 Å². The Hall–Kier alpha value is -0.970. The first-order valence-corrected chi connectivity index (χ1v) is 19.4. The van der Waals surface area contributed by atoms with Gasteiger partial charge in [-0.3, -0.25) is 0 Å². The minimum atomic E-state index is -2.87. The largest absolute Gasteiger partial charge is 0.323 e. The van der Waals surface area contributed by atoms with Crippen molar-refractivity contribution in [1.29, 1.82) is 0 Å². The van der Waals surface area contributed by atoms with Crippen molar-refractivity contribution in [2.75, 3.05) is 6.16 Å². The number of fused-ring (bicyclic) bond motifs is 2. The Balaban J connectivity index is 0.00000185. The first kappa shape index (κ1) is 32.0. The number of hydrogen-bond acceptors (Lipinski definition) is 2. The molecule has 0 N–H and O–H groups in total. The molecular formula is C34H54B2O2P2. The Morgan fingerprint density at radius 1 is 0.675 bits per heavy atom. The lowest BCUT2D eigenvalue weighted by atomic mass is 9.46. The summed E-state index contributed by atoms with van der Waals surface area (Å²) in [4.78, 5) is 0. The second-order valence-electron chi connectivity index (χ2n) is 13.8. The van der Waals surface area contributed by atoms with Crippen LogP contribution in [0, 0.1) is 23.2 Å². The standard InChI is InChI=1S/C34H48O2P2.2BH3/c1-34(2)26-23-32(34)31(25-37(35,27-15-7-3-8-16-27)28-17-9-4-10-18-28)33(24-26)38(36,29-19-11-5-12-20-29)30-21-13-6-14-22-30;;/h3-4,7-10,15-18,26,29-33H,5-6,11-14,19-25H2,1-2H3;2*1H3/t26?,31-,32?,33+;;/m0../s1. The molecule has 40 heavy (non-hydrogen) atoms. The van der Waals surface area contributed by atoms with Gasteiger partial charge < -0.3 is 9.13 Å². The quantitative estimate of drug-likeness (QED) is 0.271. The van der Waals surface area contributed by atoms with Crippen LogP contribution in [-0.2, 0) is 9.13 Å². The van der Waals surface area contributed by atoms with Gasteiger partial charge in [0.2, 0.25) is 0 Å². The molecule has 0 spiro atoms. The molecule has 5 saturated carbocycles. The zero-order chi connectivity index (χ0) is 26.4. The Morgan fingerprint density at radius 2 is 1.12 bits per heavy atom. The molecule has 7 rings (SSSR count). The van der Waals surface area contributed by atoms with Crippen molar-refractivity contribution in [3.8, 4) is 0 Å². The van der Waals surface area contributed by atoms with E-state index in [1.807, 2.05) is 36.4 Å². The van der Waals surface area contributed by atoms with Crippen LogP contribution < -0.4 is 10.6 Å². The third-order valence-electron chi connectivity index (χ3n) is 11.7. The third kappa shape index (κ3) is 5.44. The lowest BCUT2D eigenvalue weighted by Gasteiger charge is -2.65. The Bertz CT molecular complexity index is 1120. The van der Waals surface area contributed by atoms with Crippen molar-refractivity contribution in [2.45, 2.75) is 108 Å². The summed E-state index contributed by atoms with van der Waals surface area (Å²) >= 11 is 0. The van der Waals surface area contributed by atoms with Crippen molar-refractivity contribution in [1.82, 2.24) is 0 Å². The van der Waals surface area contributed by atoms with Gasteiger partial charge in [-0.1, -0.05) is 113 Å². The zero-order valence-electron chi connectivity index (χ0n) is 23.6. The highest BCUT2D eigenvalue weighted by Gasteiger charge is 2.63. The number of benzene rings is 2. The smallest absolute Gasteiger partial charge is 0.143 e. The van der Waals surface area contributed by atoms with Crippen molar-refractivity contribution in [2.24, 2.45) is 23.2 Å². The zero-order valence-corrected chi connectivity index (χ0v) is 25.4. The lowest BCUT2D eigenvalue weighted by Crippen LogP contribution is -2.59. The SMILES string of the molecule is B.B.CC1(C)C2CC1[C@H](CP(=O)(c1ccccc1)c1ccccc1)[C@H](P(=O)(C1CCCCC1)C1CCCCC1)C2. The van der Waals surface area contributed by atoms with E-state index < -0.39 is 14.3 Å². The van der Waals surface area contributed by atoms with E-state index in [2.05, 4.69) is 38.1 Å². The molecule has 2 bridgehead atoms. The molecule has 2 aromatic carbocycles. The number of rotatable bonds is 7. The molecule has 0 aliphatic heterocycles. The Morgan fingerprint density at radius 3 is 1.55 bits per heavy atom. The van der Waals surface area contributed by atoms with E-state index in [-0.39, 0.29) is 33.8 Å². The summed E-state index contributed by atoms with van der Waals surface area (Å²) in [6.07, 6.45) is 15.4. The molecule has 0 aromatic heterocycles. The fourth-order valence-electron chi connectivity index (χ4n) is 9.43. The molecule has 6 heteroatoms. The normalized spacial score (nSPS) is 28.9. The van der Waals surface area contributed by atoms with Crippen molar-refractivity contribution in [3.05, 3.63) is 60.7 Å². The van der Waals surface area contributed by atoms with Gasteiger partial charge in [0.25, 0.3) is 0 Å². The van der Waals surface area contributed by atoms with E-state index in [9.17, 15) is 0 Å². The molecule has 4 atom stereocenters. The molecule has 5 aliphatic rings. The molecule has 5 aliphatic carbocycles. The van der Waals surface area contributed by atoms with Crippen LogP contribution in [0.15, 0.2) is 60.7 Å². The summed E-state index contributed by atoms with van der Waals surface area (Å²) in [6, 6.07) is 20.6. The van der Waals surface area contributed by atoms with E-state index in [0.29, 0.717) is 29.3 Å². The molecule has 0 heterocycles. The fraction of sp³-hybridized carbons (Fsp3) is 0.647. The highest BCUT2D eigenvalue weighted by atomic mass is 31.2. The summed E-state index contributed by atoms with van der Waals surface area (Å²) in [6.45, 7) is 4.91. The maximum Gasteiger partial charge on any atom is 0.143 e. The van der Waals surface area contributed by atoms with Gasteiger partial charge in [0.1, 0.15) is 7.14 Å². The summed E-state index contributed by atoms with van der Waals surface area (Å²) in [5.74, 6) is 1.51. The van der Waals surface area contributed by atoms with Crippen LogP contribution in [0.1, 0.15) is 90.9 Å². The van der Waals surface area contributed by atoms with Crippen LogP contribution in [0.2, 0.25) is 0 Å². The topological polar surface area (TPSA) is 34.1 Å². The highest BCUT2D eigenvalue weighted by molar-refractivity contribution is 7.78. The van der Waals surface area contributed by atoms with Gasteiger partial charge in [0.15, 0.2) is 0 Å². The van der Waals surface area contributed by atoms with Gasteiger partial charge in [-0.15, -0.1) is 0 Å². The van der Waals surface area contributed by atoms with Gasteiger partial charge in [0, 0.05) is 33.7 Å². The van der Waals surface area contributed by atoms with E-state index >= 15 is 9.13 Å². The van der Waals surface area contributed by atoms with E-state index in [1.54, 1.807) is 0 Å². The van der Waals surface area contributed by atoms with Crippen molar-refractivity contribution in [3.63, 3.8) is 0 Å². The predicted octanol–water partition coefficient (Wildman–Crippen LogP) is 6.71.